The lowest BCUT2D eigenvalue weighted by Gasteiger charge is -2.13. The minimum absolute atomic E-state index is 0.0734. The molecule has 2 aromatic heterocycles. The predicted molar refractivity (Wildman–Crippen MR) is 106 cm³/mol. The first-order chi connectivity index (χ1) is 13.6. The highest BCUT2D eigenvalue weighted by Crippen LogP contribution is 2.26. The summed E-state index contributed by atoms with van der Waals surface area (Å²) >= 11 is 0. The maximum absolute atomic E-state index is 10.3. The zero-order valence-corrected chi connectivity index (χ0v) is 15.5. The number of hydrogen-bond donors (Lipinski definition) is 2. The molecular weight excluding hydrogens is 354 g/mol. The number of rotatable bonds is 6. The van der Waals surface area contributed by atoms with E-state index in [1.54, 1.807) is 16.7 Å². The molecule has 0 aliphatic rings. The van der Waals surface area contributed by atoms with Crippen LogP contribution in [0.4, 0.5) is 0 Å². The first kappa shape index (κ1) is 18.0. The molecule has 0 saturated carbocycles. The average Bonchev–Trinajstić information content (AvgIpc) is 3.02. The summed E-state index contributed by atoms with van der Waals surface area (Å²) in [5.41, 5.74) is 4.79. The first-order valence-corrected chi connectivity index (χ1v) is 9.06. The van der Waals surface area contributed by atoms with Crippen molar-refractivity contribution in [1.29, 1.82) is 0 Å². The summed E-state index contributed by atoms with van der Waals surface area (Å²) in [7, 11) is 0. The van der Waals surface area contributed by atoms with Crippen LogP contribution in [0.2, 0.25) is 0 Å². The van der Waals surface area contributed by atoms with Crippen LogP contribution in [0, 0.1) is 6.92 Å². The van der Waals surface area contributed by atoms with E-state index in [4.69, 9.17) is 4.74 Å². The molecule has 0 fully saturated rings. The van der Waals surface area contributed by atoms with Crippen LogP contribution < -0.4 is 4.74 Å². The molecule has 0 aliphatic carbocycles. The quantitative estimate of drug-likeness (QED) is 0.539. The molecule has 0 radical (unpaired) electrons. The van der Waals surface area contributed by atoms with Gasteiger partial charge in [0.1, 0.15) is 18.1 Å². The second kappa shape index (κ2) is 7.70. The van der Waals surface area contributed by atoms with E-state index in [1.807, 2.05) is 55.5 Å². The number of imidazole rings is 1. The molecule has 6 nitrogen and oxygen atoms in total. The molecule has 6 heteroatoms. The predicted octanol–water partition coefficient (Wildman–Crippen LogP) is 3.56. The molecule has 0 amide bonds. The first-order valence-electron chi connectivity index (χ1n) is 9.06. The Kier molecular flexibility index (Phi) is 4.95. The molecule has 4 rings (SSSR count). The molecule has 0 saturated heterocycles. The van der Waals surface area contributed by atoms with Crippen molar-refractivity contribution in [2.75, 3.05) is 0 Å². The number of aliphatic hydroxyl groups is 1. The lowest BCUT2D eigenvalue weighted by molar-refractivity contribution is 0.282. The van der Waals surface area contributed by atoms with Crippen molar-refractivity contribution in [3.63, 3.8) is 0 Å². The Morgan fingerprint density at radius 1 is 0.964 bits per heavy atom. The van der Waals surface area contributed by atoms with Gasteiger partial charge in [-0.3, -0.25) is 9.55 Å². The molecule has 2 aromatic carbocycles. The molecule has 0 bridgehead atoms. The van der Waals surface area contributed by atoms with Crippen molar-refractivity contribution in [1.82, 2.24) is 14.5 Å². The Balaban J connectivity index is 1.67. The van der Waals surface area contributed by atoms with Crippen molar-refractivity contribution in [2.24, 2.45) is 0 Å². The van der Waals surface area contributed by atoms with Gasteiger partial charge in [-0.15, -0.1) is 0 Å². The third-order valence-electron chi connectivity index (χ3n) is 4.59. The molecule has 0 atom stereocenters. The van der Waals surface area contributed by atoms with E-state index in [-0.39, 0.29) is 12.6 Å². The molecule has 2 heterocycles. The van der Waals surface area contributed by atoms with Crippen LogP contribution in [0.15, 0.2) is 60.7 Å². The second-order valence-corrected chi connectivity index (χ2v) is 6.65. The summed E-state index contributed by atoms with van der Waals surface area (Å²) in [4.78, 5) is 8.82. The van der Waals surface area contributed by atoms with Gasteiger partial charge in [0.25, 0.3) is 6.01 Å². The number of fused-ring (bicyclic) bond motifs is 1. The molecule has 0 spiro atoms. The van der Waals surface area contributed by atoms with Crippen molar-refractivity contribution in [3.05, 3.63) is 83.2 Å². The zero-order valence-electron chi connectivity index (χ0n) is 15.5. The van der Waals surface area contributed by atoms with Gasteiger partial charge in [-0.25, -0.2) is 0 Å². The standard InChI is InChI=1S/C22H21N3O3/c1-15-7-10-21(28-14-16-5-3-2-4-6-16)19(23-15)12-25-20-11-17(13-26)8-9-18(20)24-22(25)27/h2-11,26H,12-14H2,1H3,(H,24,27). The fourth-order valence-electron chi connectivity index (χ4n) is 3.14. The number of hydrogen-bond acceptors (Lipinski definition) is 5. The smallest absolute Gasteiger partial charge is 0.295 e. The van der Waals surface area contributed by atoms with Gasteiger partial charge >= 0.3 is 0 Å². The van der Waals surface area contributed by atoms with E-state index in [0.29, 0.717) is 30.1 Å². The Bertz CT molecular complexity index is 1110. The van der Waals surface area contributed by atoms with Crippen LogP contribution in [0.25, 0.3) is 11.0 Å². The summed E-state index contributed by atoms with van der Waals surface area (Å²) < 4.78 is 7.68. The van der Waals surface area contributed by atoms with E-state index in [9.17, 15) is 10.2 Å². The highest BCUT2D eigenvalue weighted by molar-refractivity contribution is 5.77. The number of aromatic nitrogens is 3. The van der Waals surface area contributed by atoms with E-state index >= 15 is 0 Å². The summed E-state index contributed by atoms with van der Waals surface area (Å²) in [5, 5.41) is 19.8. The fraction of sp³-hybridized carbons (Fsp3) is 0.182. The topological polar surface area (TPSA) is 80.4 Å². The van der Waals surface area contributed by atoms with Crippen LogP contribution >= 0.6 is 0 Å². The SMILES string of the molecule is Cc1ccc(OCc2ccccc2)c(Cn2c(O)nc3ccc(CO)cc32)n1. The highest BCUT2D eigenvalue weighted by Gasteiger charge is 2.15. The summed E-state index contributed by atoms with van der Waals surface area (Å²) in [6.07, 6.45) is 0. The van der Waals surface area contributed by atoms with Crippen molar-refractivity contribution < 1.29 is 14.9 Å². The van der Waals surface area contributed by atoms with Gasteiger partial charge in [-0.2, -0.15) is 4.98 Å². The molecule has 142 valence electrons. The minimum Gasteiger partial charge on any atom is -0.487 e. The number of aryl methyl sites for hydroxylation is 1. The van der Waals surface area contributed by atoms with E-state index in [2.05, 4.69) is 9.97 Å². The largest absolute Gasteiger partial charge is 0.487 e. The summed E-state index contributed by atoms with van der Waals surface area (Å²) in [6.45, 7) is 2.59. The lowest BCUT2D eigenvalue weighted by atomic mass is 10.2. The molecule has 4 aromatic rings. The second-order valence-electron chi connectivity index (χ2n) is 6.65. The minimum atomic E-state index is -0.0950. The fourth-order valence-corrected chi connectivity index (χ4v) is 3.14. The third-order valence-corrected chi connectivity index (χ3v) is 4.59. The Morgan fingerprint density at radius 3 is 2.57 bits per heavy atom. The van der Waals surface area contributed by atoms with Gasteiger partial charge in [-0.05, 0) is 42.3 Å². The number of aliphatic hydroxyl groups excluding tert-OH is 1. The number of benzene rings is 2. The Hall–Kier alpha value is -3.38. The van der Waals surface area contributed by atoms with Gasteiger partial charge in [0.05, 0.1) is 24.2 Å². The normalized spacial score (nSPS) is 11.1. The van der Waals surface area contributed by atoms with Crippen LogP contribution in [-0.2, 0) is 19.8 Å². The third kappa shape index (κ3) is 3.68. The Labute approximate surface area is 162 Å². The number of pyridine rings is 1. The lowest BCUT2D eigenvalue weighted by Crippen LogP contribution is -2.06. The monoisotopic (exact) mass is 375 g/mol. The van der Waals surface area contributed by atoms with E-state index < -0.39 is 0 Å². The number of aromatic hydroxyl groups is 1. The van der Waals surface area contributed by atoms with Crippen LogP contribution in [-0.4, -0.2) is 24.7 Å². The Morgan fingerprint density at radius 2 is 1.79 bits per heavy atom. The molecule has 0 aliphatic heterocycles. The molecule has 28 heavy (non-hydrogen) atoms. The van der Waals surface area contributed by atoms with Crippen LogP contribution in [0.5, 0.6) is 11.8 Å². The van der Waals surface area contributed by atoms with Crippen molar-refractivity contribution in [2.45, 2.75) is 26.7 Å². The van der Waals surface area contributed by atoms with Crippen molar-refractivity contribution >= 4 is 11.0 Å². The average molecular weight is 375 g/mol. The van der Waals surface area contributed by atoms with E-state index in [1.165, 1.54) is 0 Å². The van der Waals surface area contributed by atoms with E-state index in [0.717, 1.165) is 22.3 Å². The van der Waals surface area contributed by atoms with Crippen LogP contribution in [0.1, 0.15) is 22.5 Å². The highest BCUT2D eigenvalue weighted by atomic mass is 16.5. The summed E-state index contributed by atoms with van der Waals surface area (Å²) in [5.74, 6) is 0.661. The number of nitrogens with zero attached hydrogens (tertiary/aromatic N) is 3. The van der Waals surface area contributed by atoms with Crippen molar-refractivity contribution in [3.8, 4) is 11.8 Å². The van der Waals surface area contributed by atoms with Gasteiger partial charge < -0.3 is 14.9 Å². The van der Waals surface area contributed by atoms with Gasteiger partial charge in [-0.1, -0.05) is 36.4 Å². The molecule has 0 unspecified atom stereocenters. The van der Waals surface area contributed by atoms with Gasteiger partial charge in [0, 0.05) is 5.69 Å². The van der Waals surface area contributed by atoms with Crippen LogP contribution in [0.3, 0.4) is 0 Å². The maximum atomic E-state index is 10.3. The van der Waals surface area contributed by atoms with Gasteiger partial charge in [0.2, 0.25) is 0 Å². The molecular formula is C22H21N3O3. The zero-order chi connectivity index (χ0) is 19.5. The maximum Gasteiger partial charge on any atom is 0.295 e. The molecule has 2 N–H and O–H groups in total. The number of ether oxygens (including phenoxy) is 1. The summed E-state index contributed by atoms with van der Waals surface area (Å²) in [6, 6.07) is 19.0. The van der Waals surface area contributed by atoms with Gasteiger partial charge in [0.15, 0.2) is 0 Å².